The van der Waals surface area contributed by atoms with Gasteiger partial charge in [0.05, 0.1) is 12.8 Å². The molecule has 1 aromatic heterocycles. The molecule has 4 nitrogen and oxygen atoms in total. The van der Waals surface area contributed by atoms with Crippen LogP contribution >= 0.6 is 0 Å². The number of nitrogens with one attached hydrogen (secondary N) is 1. The van der Waals surface area contributed by atoms with Gasteiger partial charge in [0.1, 0.15) is 5.69 Å². The lowest BCUT2D eigenvalue weighted by Gasteiger charge is -2.25. The van der Waals surface area contributed by atoms with Crippen molar-refractivity contribution in [1.29, 1.82) is 0 Å². The molecule has 1 heterocycles. The fourth-order valence-corrected chi connectivity index (χ4v) is 2.79. The summed E-state index contributed by atoms with van der Waals surface area (Å²) in [4.78, 5) is 6.46. The molecule has 2 aliphatic rings. The van der Waals surface area contributed by atoms with Gasteiger partial charge in [0.25, 0.3) is 0 Å². The van der Waals surface area contributed by atoms with Gasteiger partial charge in [0, 0.05) is 26.3 Å². The number of nitrogens with zero attached hydrogens (tertiary/aromatic N) is 2. The molecule has 19 heavy (non-hydrogen) atoms. The van der Waals surface area contributed by atoms with E-state index in [1.165, 1.54) is 25.7 Å². The average Bonchev–Trinajstić information content (AvgIpc) is 3.28. The van der Waals surface area contributed by atoms with Crippen molar-refractivity contribution < 1.29 is 4.74 Å². The molecule has 0 bridgehead atoms. The number of anilines is 2. The van der Waals surface area contributed by atoms with E-state index >= 15 is 0 Å². The van der Waals surface area contributed by atoms with E-state index in [4.69, 9.17) is 4.74 Å². The SMILES string of the molecule is COc1nccc(N(C)C)c1NC(C1CC1)C1CC1. The average molecular weight is 261 g/mol. The van der Waals surface area contributed by atoms with Gasteiger partial charge in [-0.15, -0.1) is 0 Å². The Kier molecular flexibility index (Phi) is 3.25. The molecule has 0 radical (unpaired) electrons. The Morgan fingerprint density at radius 3 is 2.37 bits per heavy atom. The summed E-state index contributed by atoms with van der Waals surface area (Å²) in [5, 5.41) is 3.74. The number of methoxy groups -OCH3 is 1. The molecule has 0 aromatic carbocycles. The molecule has 2 fully saturated rings. The summed E-state index contributed by atoms with van der Waals surface area (Å²) in [7, 11) is 5.81. The second-order valence-electron chi connectivity index (χ2n) is 5.95. The predicted molar refractivity (Wildman–Crippen MR) is 78.0 cm³/mol. The van der Waals surface area contributed by atoms with Crippen molar-refractivity contribution in [2.75, 3.05) is 31.4 Å². The molecule has 0 amide bonds. The Labute approximate surface area is 115 Å². The number of pyridine rings is 1. The number of hydrogen-bond acceptors (Lipinski definition) is 4. The summed E-state index contributed by atoms with van der Waals surface area (Å²) < 4.78 is 5.44. The number of hydrogen-bond donors (Lipinski definition) is 1. The van der Waals surface area contributed by atoms with Crippen LogP contribution in [0.3, 0.4) is 0 Å². The van der Waals surface area contributed by atoms with Crippen molar-refractivity contribution in [2.45, 2.75) is 31.7 Å². The van der Waals surface area contributed by atoms with Gasteiger partial charge in [-0.2, -0.15) is 0 Å². The second kappa shape index (κ2) is 4.91. The maximum absolute atomic E-state index is 5.44. The number of aromatic nitrogens is 1. The molecule has 3 rings (SSSR count). The second-order valence-corrected chi connectivity index (χ2v) is 5.95. The Balaban J connectivity index is 1.88. The highest BCUT2D eigenvalue weighted by molar-refractivity contribution is 5.74. The third-order valence-corrected chi connectivity index (χ3v) is 4.14. The van der Waals surface area contributed by atoms with Gasteiger partial charge in [-0.1, -0.05) is 0 Å². The minimum Gasteiger partial charge on any atom is -0.479 e. The van der Waals surface area contributed by atoms with Crippen LogP contribution in [0.25, 0.3) is 0 Å². The van der Waals surface area contributed by atoms with Crippen LogP contribution in [0.15, 0.2) is 12.3 Å². The van der Waals surface area contributed by atoms with Crippen LogP contribution in [-0.2, 0) is 0 Å². The van der Waals surface area contributed by atoms with Crippen molar-refractivity contribution in [3.8, 4) is 5.88 Å². The summed E-state index contributed by atoms with van der Waals surface area (Å²) in [6, 6.07) is 2.65. The maximum Gasteiger partial charge on any atom is 0.239 e. The Morgan fingerprint density at radius 1 is 1.26 bits per heavy atom. The summed E-state index contributed by atoms with van der Waals surface area (Å²) in [5.41, 5.74) is 2.21. The zero-order valence-electron chi connectivity index (χ0n) is 12.0. The maximum atomic E-state index is 5.44. The third kappa shape index (κ3) is 2.62. The minimum absolute atomic E-state index is 0.608. The van der Waals surface area contributed by atoms with E-state index < -0.39 is 0 Å². The molecule has 0 spiro atoms. The lowest BCUT2D eigenvalue weighted by Crippen LogP contribution is -2.26. The quantitative estimate of drug-likeness (QED) is 0.854. The lowest BCUT2D eigenvalue weighted by molar-refractivity contribution is 0.398. The van der Waals surface area contributed by atoms with E-state index in [0.717, 1.165) is 23.2 Å². The third-order valence-electron chi connectivity index (χ3n) is 4.14. The van der Waals surface area contributed by atoms with E-state index in [0.29, 0.717) is 11.9 Å². The van der Waals surface area contributed by atoms with Crippen LogP contribution in [0, 0.1) is 11.8 Å². The van der Waals surface area contributed by atoms with E-state index in [9.17, 15) is 0 Å². The van der Waals surface area contributed by atoms with Gasteiger partial charge in [-0.05, 0) is 43.6 Å². The molecular weight excluding hydrogens is 238 g/mol. The van der Waals surface area contributed by atoms with Crippen molar-refractivity contribution in [1.82, 2.24) is 4.98 Å². The molecule has 0 aliphatic heterocycles. The Morgan fingerprint density at radius 2 is 1.89 bits per heavy atom. The zero-order valence-corrected chi connectivity index (χ0v) is 12.0. The first-order valence-electron chi connectivity index (χ1n) is 7.17. The molecule has 104 valence electrons. The molecule has 0 atom stereocenters. The molecular formula is C15H23N3O. The van der Waals surface area contributed by atoms with Gasteiger partial charge < -0.3 is 15.0 Å². The highest BCUT2D eigenvalue weighted by Gasteiger charge is 2.42. The molecule has 0 unspecified atom stereocenters. The van der Waals surface area contributed by atoms with Crippen LogP contribution < -0.4 is 15.0 Å². The largest absolute Gasteiger partial charge is 0.479 e. The van der Waals surface area contributed by atoms with Crippen molar-refractivity contribution in [3.63, 3.8) is 0 Å². The van der Waals surface area contributed by atoms with Crippen LogP contribution in [0.5, 0.6) is 5.88 Å². The molecule has 0 saturated heterocycles. The molecule has 2 aliphatic carbocycles. The molecule has 1 aromatic rings. The number of ether oxygens (including phenoxy) is 1. The predicted octanol–water partition coefficient (Wildman–Crippen LogP) is 2.76. The molecule has 1 N–H and O–H groups in total. The zero-order chi connectivity index (χ0) is 13.4. The number of rotatable bonds is 6. The topological polar surface area (TPSA) is 37.4 Å². The van der Waals surface area contributed by atoms with Crippen molar-refractivity contribution >= 4 is 11.4 Å². The summed E-state index contributed by atoms with van der Waals surface area (Å²) in [5.74, 6) is 2.41. The summed E-state index contributed by atoms with van der Waals surface area (Å²) in [6.45, 7) is 0. The first kappa shape index (κ1) is 12.6. The highest BCUT2D eigenvalue weighted by atomic mass is 16.5. The van der Waals surface area contributed by atoms with Gasteiger partial charge >= 0.3 is 0 Å². The van der Waals surface area contributed by atoms with Crippen LogP contribution in [0.2, 0.25) is 0 Å². The van der Waals surface area contributed by atoms with Gasteiger partial charge in [0.2, 0.25) is 5.88 Å². The summed E-state index contributed by atoms with van der Waals surface area (Å²) >= 11 is 0. The van der Waals surface area contributed by atoms with Crippen LogP contribution in [0.1, 0.15) is 25.7 Å². The first-order chi connectivity index (χ1) is 9.20. The van der Waals surface area contributed by atoms with Crippen LogP contribution in [0.4, 0.5) is 11.4 Å². The Bertz CT molecular complexity index is 441. The first-order valence-corrected chi connectivity index (χ1v) is 7.17. The highest BCUT2D eigenvalue weighted by Crippen LogP contribution is 2.47. The smallest absolute Gasteiger partial charge is 0.239 e. The molecule has 2 saturated carbocycles. The standard InChI is InChI=1S/C15H23N3O/c1-18(2)12-8-9-16-15(19-3)14(12)17-13(10-4-5-10)11-6-7-11/h8-11,13,17H,4-7H2,1-3H3. The fraction of sp³-hybridized carbons (Fsp3) is 0.667. The lowest BCUT2D eigenvalue weighted by atomic mass is 10.1. The summed E-state index contributed by atoms with van der Waals surface area (Å²) in [6.07, 6.45) is 7.28. The van der Waals surface area contributed by atoms with E-state index in [1.54, 1.807) is 7.11 Å². The molecule has 4 heteroatoms. The van der Waals surface area contributed by atoms with Gasteiger partial charge in [-0.25, -0.2) is 4.98 Å². The van der Waals surface area contributed by atoms with E-state index in [2.05, 4.69) is 29.3 Å². The van der Waals surface area contributed by atoms with Crippen molar-refractivity contribution in [3.05, 3.63) is 12.3 Å². The van der Waals surface area contributed by atoms with Gasteiger partial charge in [0.15, 0.2) is 0 Å². The fourth-order valence-electron chi connectivity index (χ4n) is 2.79. The monoisotopic (exact) mass is 261 g/mol. The van der Waals surface area contributed by atoms with Crippen LogP contribution in [-0.4, -0.2) is 32.2 Å². The normalized spacial score (nSPS) is 18.5. The Hall–Kier alpha value is -1.45. The van der Waals surface area contributed by atoms with E-state index in [1.807, 2.05) is 12.3 Å². The van der Waals surface area contributed by atoms with E-state index in [-0.39, 0.29) is 0 Å². The minimum atomic E-state index is 0.608. The van der Waals surface area contributed by atoms with Gasteiger partial charge in [-0.3, -0.25) is 0 Å². The van der Waals surface area contributed by atoms with Crippen molar-refractivity contribution in [2.24, 2.45) is 11.8 Å².